The van der Waals surface area contributed by atoms with Crippen molar-refractivity contribution in [3.63, 3.8) is 0 Å². The molecule has 1 fully saturated rings. The molecule has 1 aliphatic heterocycles. The average Bonchev–Trinajstić information content (AvgIpc) is 2.98. The standard InChI is InChI=1S/C13H21ClN2OS/c1-3-11(13-15-10(6-14)8-18-13)16-5-4-9(2)12(16)7-17/h8-9,11-12,17H,3-7H2,1-2H3. The normalized spacial score (nSPS) is 26.7. The Kier molecular flexibility index (Phi) is 5.01. The average molecular weight is 289 g/mol. The molecule has 2 heterocycles. The van der Waals surface area contributed by atoms with E-state index in [1.807, 2.05) is 5.38 Å². The SMILES string of the molecule is CCC(c1nc(CCl)cs1)N1CCC(C)C1CO. The van der Waals surface area contributed by atoms with E-state index in [1.165, 1.54) is 0 Å². The zero-order valence-corrected chi connectivity index (χ0v) is 12.5. The van der Waals surface area contributed by atoms with Gasteiger partial charge in [0.25, 0.3) is 0 Å². The van der Waals surface area contributed by atoms with Gasteiger partial charge in [-0.05, 0) is 25.3 Å². The van der Waals surface area contributed by atoms with Crippen molar-refractivity contribution in [2.24, 2.45) is 5.92 Å². The van der Waals surface area contributed by atoms with Crippen LogP contribution in [0, 0.1) is 5.92 Å². The van der Waals surface area contributed by atoms with E-state index in [-0.39, 0.29) is 12.6 Å². The molecule has 0 saturated carbocycles. The Hall–Kier alpha value is -0.160. The highest BCUT2D eigenvalue weighted by atomic mass is 35.5. The van der Waals surface area contributed by atoms with Crippen molar-refractivity contribution in [2.45, 2.75) is 44.7 Å². The summed E-state index contributed by atoms with van der Waals surface area (Å²) in [5.41, 5.74) is 0.961. The number of hydrogen-bond acceptors (Lipinski definition) is 4. The summed E-state index contributed by atoms with van der Waals surface area (Å²) in [6.07, 6.45) is 2.19. The predicted molar refractivity (Wildman–Crippen MR) is 76.1 cm³/mol. The van der Waals surface area contributed by atoms with E-state index in [4.69, 9.17) is 11.6 Å². The third-order valence-electron chi connectivity index (χ3n) is 3.89. The van der Waals surface area contributed by atoms with Gasteiger partial charge in [0.05, 0.1) is 24.2 Å². The van der Waals surface area contributed by atoms with E-state index < -0.39 is 0 Å². The van der Waals surface area contributed by atoms with Crippen molar-refractivity contribution in [2.75, 3.05) is 13.2 Å². The second-order valence-corrected chi connectivity index (χ2v) is 6.15. The first kappa shape index (κ1) is 14.3. The van der Waals surface area contributed by atoms with Crippen LogP contribution >= 0.6 is 22.9 Å². The van der Waals surface area contributed by atoms with Gasteiger partial charge in [0.15, 0.2) is 0 Å². The molecule has 18 heavy (non-hydrogen) atoms. The summed E-state index contributed by atoms with van der Waals surface area (Å²) >= 11 is 7.51. The Bertz CT molecular complexity index is 385. The molecule has 3 nitrogen and oxygen atoms in total. The third kappa shape index (κ3) is 2.72. The van der Waals surface area contributed by atoms with Crippen LogP contribution < -0.4 is 0 Å². The monoisotopic (exact) mass is 288 g/mol. The Morgan fingerprint density at radius 2 is 2.44 bits per heavy atom. The van der Waals surface area contributed by atoms with Crippen molar-refractivity contribution in [1.29, 1.82) is 0 Å². The largest absolute Gasteiger partial charge is 0.395 e. The highest BCUT2D eigenvalue weighted by Crippen LogP contribution is 2.35. The molecule has 1 N–H and O–H groups in total. The van der Waals surface area contributed by atoms with Gasteiger partial charge in [-0.2, -0.15) is 0 Å². The van der Waals surface area contributed by atoms with Crippen molar-refractivity contribution in [1.82, 2.24) is 9.88 Å². The molecule has 3 unspecified atom stereocenters. The molecule has 0 amide bonds. The molecular formula is C13H21ClN2OS. The Morgan fingerprint density at radius 1 is 1.67 bits per heavy atom. The van der Waals surface area contributed by atoms with E-state index in [1.54, 1.807) is 11.3 Å². The van der Waals surface area contributed by atoms with Gasteiger partial charge in [0.1, 0.15) is 5.01 Å². The molecule has 0 spiro atoms. The fourth-order valence-electron chi connectivity index (χ4n) is 2.80. The molecule has 1 saturated heterocycles. The number of halogens is 1. The molecule has 1 aromatic rings. The van der Waals surface area contributed by atoms with Crippen molar-refractivity contribution in [3.8, 4) is 0 Å². The summed E-state index contributed by atoms with van der Waals surface area (Å²) in [7, 11) is 0. The fourth-order valence-corrected chi connectivity index (χ4v) is 4.05. The quantitative estimate of drug-likeness (QED) is 0.846. The number of hydrogen-bond donors (Lipinski definition) is 1. The van der Waals surface area contributed by atoms with Crippen LogP contribution in [0.25, 0.3) is 0 Å². The van der Waals surface area contributed by atoms with E-state index in [2.05, 4.69) is 23.7 Å². The summed E-state index contributed by atoms with van der Waals surface area (Å²) in [6.45, 7) is 5.70. The molecule has 1 aliphatic rings. The zero-order valence-electron chi connectivity index (χ0n) is 11.0. The molecule has 0 aromatic carbocycles. The van der Waals surface area contributed by atoms with Crippen molar-refractivity contribution in [3.05, 3.63) is 16.1 Å². The fraction of sp³-hybridized carbons (Fsp3) is 0.769. The third-order valence-corrected chi connectivity index (χ3v) is 5.16. The Balaban J connectivity index is 2.17. The lowest BCUT2D eigenvalue weighted by atomic mass is 10.0. The van der Waals surface area contributed by atoms with Gasteiger partial charge in [-0.25, -0.2) is 4.98 Å². The second-order valence-electron chi connectivity index (χ2n) is 4.99. The van der Waals surface area contributed by atoms with Gasteiger partial charge >= 0.3 is 0 Å². The van der Waals surface area contributed by atoms with Crippen LogP contribution in [0.2, 0.25) is 0 Å². The minimum absolute atomic E-state index is 0.241. The highest BCUT2D eigenvalue weighted by Gasteiger charge is 2.36. The first-order chi connectivity index (χ1) is 8.71. The lowest BCUT2D eigenvalue weighted by Gasteiger charge is -2.31. The minimum atomic E-state index is 0.241. The molecule has 1 aromatic heterocycles. The van der Waals surface area contributed by atoms with Gasteiger partial charge in [0, 0.05) is 11.4 Å². The second kappa shape index (κ2) is 6.33. The summed E-state index contributed by atoms with van der Waals surface area (Å²) in [5.74, 6) is 1.05. The number of thiazole rings is 1. The van der Waals surface area contributed by atoms with E-state index in [9.17, 15) is 5.11 Å². The first-order valence-electron chi connectivity index (χ1n) is 6.58. The number of alkyl halides is 1. The molecular weight excluding hydrogens is 268 g/mol. The van der Waals surface area contributed by atoms with Crippen LogP contribution in [0.15, 0.2) is 5.38 Å². The maximum Gasteiger partial charge on any atom is 0.110 e. The maximum absolute atomic E-state index is 9.57. The van der Waals surface area contributed by atoms with Crippen molar-refractivity contribution < 1.29 is 5.11 Å². The van der Waals surface area contributed by atoms with Crippen LogP contribution in [0.4, 0.5) is 0 Å². The number of aliphatic hydroxyl groups excluding tert-OH is 1. The molecule has 0 bridgehead atoms. The summed E-state index contributed by atoms with van der Waals surface area (Å²) in [6, 6.07) is 0.604. The van der Waals surface area contributed by atoms with Crippen molar-refractivity contribution >= 4 is 22.9 Å². The minimum Gasteiger partial charge on any atom is -0.395 e. The summed E-state index contributed by atoms with van der Waals surface area (Å²) < 4.78 is 0. The maximum atomic E-state index is 9.57. The first-order valence-corrected chi connectivity index (χ1v) is 7.99. The van der Waals surface area contributed by atoms with Gasteiger partial charge in [-0.1, -0.05) is 13.8 Å². The van der Waals surface area contributed by atoms with E-state index >= 15 is 0 Å². The lowest BCUT2D eigenvalue weighted by Crippen LogP contribution is -2.37. The van der Waals surface area contributed by atoms with Crippen LogP contribution in [0.3, 0.4) is 0 Å². The van der Waals surface area contributed by atoms with Crippen LogP contribution in [-0.4, -0.2) is 34.2 Å². The molecule has 2 rings (SSSR count). The highest BCUT2D eigenvalue weighted by molar-refractivity contribution is 7.09. The number of aromatic nitrogens is 1. The Morgan fingerprint density at radius 3 is 3.00 bits per heavy atom. The number of likely N-dealkylation sites (tertiary alicyclic amines) is 1. The zero-order chi connectivity index (χ0) is 13.1. The van der Waals surface area contributed by atoms with Gasteiger partial charge < -0.3 is 5.11 Å². The van der Waals surface area contributed by atoms with Crippen LogP contribution in [-0.2, 0) is 5.88 Å². The van der Waals surface area contributed by atoms with Gasteiger partial charge in [0.2, 0.25) is 0 Å². The molecule has 3 atom stereocenters. The topological polar surface area (TPSA) is 36.4 Å². The summed E-state index contributed by atoms with van der Waals surface area (Å²) in [5, 5.41) is 12.7. The van der Waals surface area contributed by atoms with Gasteiger partial charge in [-0.15, -0.1) is 22.9 Å². The number of nitrogens with zero attached hydrogens (tertiary/aromatic N) is 2. The molecule has 5 heteroatoms. The van der Waals surface area contributed by atoms with Crippen LogP contribution in [0.1, 0.15) is 43.4 Å². The Labute approximate surface area is 118 Å². The van der Waals surface area contributed by atoms with E-state index in [0.29, 0.717) is 17.8 Å². The lowest BCUT2D eigenvalue weighted by molar-refractivity contribution is 0.0999. The summed E-state index contributed by atoms with van der Waals surface area (Å²) in [4.78, 5) is 7.02. The molecule has 0 radical (unpaired) electrons. The molecule has 102 valence electrons. The van der Waals surface area contributed by atoms with E-state index in [0.717, 1.165) is 30.1 Å². The predicted octanol–water partition coefficient (Wildman–Crippen LogP) is 3.04. The smallest absolute Gasteiger partial charge is 0.110 e. The molecule has 0 aliphatic carbocycles. The van der Waals surface area contributed by atoms with Gasteiger partial charge in [-0.3, -0.25) is 4.90 Å². The number of aliphatic hydroxyl groups is 1. The number of rotatable bonds is 5. The van der Waals surface area contributed by atoms with Crippen LogP contribution in [0.5, 0.6) is 0 Å².